The summed E-state index contributed by atoms with van der Waals surface area (Å²) in [7, 11) is 1.57. The molecule has 20 heavy (non-hydrogen) atoms. The van der Waals surface area contributed by atoms with Gasteiger partial charge in [-0.25, -0.2) is 4.98 Å². The number of benzene rings is 2. The van der Waals surface area contributed by atoms with Crippen LogP contribution in [-0.4, -0.2) is 22.0 Å². The number of nitrogens with one attached hydrogen (secondary N) is 1. The van der Waals surface area contributed by atoms with Crippen LogP contribution in [0.3, 0.4) is 0 Å². The first-order valence-electron chi connectivity index (χ1n) is 5.97. The maximum Gasteiger partial charge on any atom is 0.297 e. The third-order valence-electron chi connectivity index (χ3n) is 3.05. The molecule has 3 aromatic rings. The van der Waals surface area contributed by atoms with Crippen molar-refractivity contribution in [2.75, 3.05) is 7.11 Å². The molecule has 0 saturated carbocycles. The molecule has 0 aliphatic carbocycles. The number of nitrogens with zero attached hydrogens (tertiary/aromatic N) is 2. The number of nitro groups is 1. The van der Waals surface area contributed by atoms with E-state index in [9.17, 15) is 10.1 Å². The minimum Gasteiger partial charge on any atom is -0.496 e. The van der Waals surface area contributed by atoms with Crippen LogP contribution in [0.15, 0.2) is 42.5 Å². The number of rotatable bonds is 3. The molecule has 0 spiro atoms. The first kappa shape index (κ1) is 12.2. The van der Waals surface area contributed by atoms with E-state index in [1.54, 1.807) is 19.2 Å². The Kier molecular flexibility index (Phi) is 2.83. The van der Waals surface area contributed by atoms with E-state index >= 15 is 0 Å². The molecule has 1 N–H and O–H groups in total. The normalized spacial score (nSPS) is 10.7. The number of non-ortho nitro benzene ring substituents is 1. The van der Waals surface area contributed by atoms with Gasteiger partial charge in [0.25, 0.3) is 5.69 Å². The van der Waals surface area contributed by atoms with Gasteiger partial charge in [-0.3, -0.25) is 10.1 Å². The first-order valence-corrected chi connectivity index (χ1v) is 5.97. The molecular formula is C14H11N3O3. The number of imidazole rings is 1. The van der Waals surface area contributed by atoms with Crippen LogP contribution in [0.5, 0.6) is 5.75 Å². The minimum absolute atomic E-state index is 0.0140. The second kappa shape index (κ2) is 4.65. The lowest BCUT2D eigenvalue weighted by molar-refractivity contribution is -0.383. The second-order valence-corrected chi connectivity index (χ2v) is 4.22. The molecule has 0 saturated heterocycles. The zero-order chi connectivity index (χ0) is 14.1. The molecule has 3 rings (SSSR count). The van der Waals surface area contributed by atoms with E-state index < -0.39 is 4.92 Å². The van der Waals surface area contributed by atoms with Crippen molar-refractivity contribution in [1.29, 1.82) is 0 Å². The van der Waals surface area contributed by atoms with Gasteiger partial charge in [0.1, 0.15) is 11.6 Å². The molecule has 1 aromatic heterocycles. The van der Waals surface area contributed by atoms with E-state index in [0.717, 1.165) is 5.56 Å². The molecule has 0 fully saturated rings. The van der Waals surface area contributed by atoms with Crippen molar-refractivity contribution in [1.82, 2.24) is 9.97 Å². The summed E-state index contributed by atoms with van der Waals surface area (Å²) in [4.78, 5) is 18.0. The Morgan fingerprint density at radius 3 is 2.75 bits per heavy atom. The van der Waals surface area contributed by atoms with Gasteiger partial charge in [-0.15, -0.1) is 0 Å². The van der Waals surface area contributed by atoms with Gasteiger partial charge in [-0.2, -0.15) is 0 Å². The molecule has 0 aliphatic rings. The minimum atomic E-state index is -0.435. The Morgan fingerprint density at radius 2 is 2.00 bits per heavy atom. The average molecular weight is 269 g/mol. The molecule has 0 amide bonds. The number of ether oxygens (including phenoxy) is 1. The van der Waals surface area contributed by atoms with Crippen LogP contribution in [0, 0.1) is 10.1 Å². The third-order valence-corrected chi connectivity index (χ3v) is 3.05. The summed E-state index contributed by atoms with van der Waals surface area (Å²) in [5, 5.41) is 11.0. The van der Waals surface area contributed by atoms with Crippen LogP contribution in [0.4, 0.5) is 5.69 Å². The van der Waals surface area contributed by atoms with Gasteiger partial charge in [0.05, 0.1) is 23.1 Å². The van der Waals surface area contributed by atoms with E-state index in [-0.39, 0.29) is 5.69 Å². The summed E-state index contributed by atoms with van der Waals surface area (Å²) in [6.45, 7) is 0. The van der Waals surface area contributed by atoms with Crippen molar-refractivity contribution in [3.05, 3.63) is 52.6 Å². The quantitative estimate of drug-likeness (QED) is 0.585. The number of H-pyrrole nitrogens is 1. The Balaban J connectivity index is 2.23. The number of hydrogen-bond acceptors (Lipinski definition) is 4. The van der Waals surface area contributed by atoms with Crippen molar-refractivity contribution in [3.8, 4) is 17.1 Å². The molecular weight excluding hydrogens is 258 g/mol. The van der Waals surface area contributed by atoms with Crippen LogP contribution < -0.4 is 4.74 Å². The standard InChI is InChI=1S/C14H11N3O3/c1-20-12-8-3-2-5-9(12)14-15-10-6-4-7-11(17(18)19)13(10)16-14/h2-8H,1H3,(H,15,16). The maximum absolute atomic E-state index is 11.0. The number of aromatic nitrogens is 2. The van der Waals surface area contributed by atoms with Crippen LogP contribution in [-0.2, 0) is 0 Å². The van der Waals surface area contributed by atoms with Gasteiger partial charge in [0, 0.05) is 6.07 Å². The lowest BCUT2D eigenvalue weighted by atomic mass is 10.2. The lowest BCUT2D eigenvalue weighted by Gasteiger charge is -2.04. The van der Waals surface area contributed by atoms with Crippen molar-refractivity contribution in [2.24, 2.45) is 0 Å². The Hall–Kier alpha value is -2.89. The van der Waals surface area contributed by atoms with E-state index in [1.165, 1.54) is 6.07 Å². The Labute approximate surface area is 114 Å². The van der Waals surface area contributed by atoms with Gasteiger partial charge in [-0.1, -0.05) is 18.2 Å². The predicted molar refractivity (Wildman–Crippen MR) is 74.7 cm³/mol. The van der Waals surface area contributed by atoms with E-state index in [4.69, 9.17) is 4.74 Å². The molecule has 0 radical (unpaired) electrons. The number of hydrogen-bond donors (Lipinski definition) is 1. The highest BCUT2D eigenvalue weighted by atomic mass is 16.6. The largest absolute Gasteiger partial charge is 0.496 e. The smallest absolute Gasteiger partial charge is 0.297 e. The number of nitro benzene ring substituents is 1. The van der Waals surface area contributed by atoms with E-state index in [0.29, 0.717) is 22.6 Å². The molecule has 1 heterocycles. The SMILES string of the molecule is COc1ccccc1-c1nc2c([N+](=O)[O-])cccc2[nH]1. The van der Waals surface area contributed by atoms with Gasteiger partial charge in [-0.05, 0) is 18.2 Å². The summed E-state index contributed by atoms with van der Waals surface area (Å²) in [5.41, 5.74) is 1.72. The highest BCUT2D eigenvalue weighted by molar-refractivity contribution is 5.87. The summed E-state index contributed by atoms with van der Waals surface area (Å²) < 4.78 is 5.28. The molecule has 6 nitrogen and oxygen atoms in total. The molecule has 0 bridgehead atoms. The van der Waals surface area contributed by atoms with Gasteiger partial charge >= 0.3 is 0 Å². The second-order valence-electron chi connectivity index (χ2n) is 4.22. The summed E-state index contributed by atoms with van der Waals surface area (Å²) in [6, 6.07) is 12.2. The van der Waals surface area contributed by atoms with Gasteiger partial charge < -0.3 is 9.72 Å². The zero-order valence-corrected chi connectivity index (χ0v) is 10.7. The Bertz CT molecular complexity index is 795. The Morgan fingerprint density at radius 1 is 1.20 bits per heavy atom. The molecule has 6 heteroatoms. The predicted octanol–water partition coefficient (Wildman–Crippen LogP) is 3.15. The molecule has 0 unspecified atom stereocenters. The highest BCUT2D eigenvalue weighted by Gasteiger charge is 2.17. The fourth-order valence-electron chi connectivity index (χ4n) is 2.13. The van der Waals surface area contributed by atoms with E-state index in [2.05, 4.69) is 9.97 Å². The summed E-state index contributed by atoms with van der Waals surface area (Å²) >= 11 is 0. The van der Waals surface area contributed by atoms with Crippen LogP contribution in [0.2, 0.25) is 0 Å². The summed E-state index contributed by atoms with van der Waals surface area (Å²) in [6.07, 6.45) is 0. The summed E-state index contributed by atoms with van der Waals surface area (Å²) in [5.74, 6) is 1.21. The zero-order valence-electron chi connectivity index (χ0n) is 10.7. The average Bonchev–Trinajstić information content (AvgIpc) is 2.90. The lowest BCUT2D eigenvalue weighted by Crippen LogP contribution is -1.89. The third kappa shape index (κ3) is 1.87. The van der Waals surface area contributed by atoms with Crippen LogP contribution in [0.25, 0.3) is 22.4 Å². The van der Waals surface area contributed by atoms with Crippen molar-refractivity contribution in [2.45, 2.75) is 0 Å². The molecule has 0 aliphatic heterocycles. The molecule has 0 atom stereocenters. The van der Waals surface area contributed by atoms with Crippen molar-refractivity contribution >= 4 is 16.7 Å². The number of para-hydroxylation sites is 2. The first-order chi connectivity index (χ1) is 9.70. The van der Waals surface area contributed by atoms with Crippen molar-refractivity contribution in [3.63, 3.8) is 0 Å². The van der Waals surface area contributed by atoms with Crippen LogP contribution in [0.1, 0.15) is 0 Å². The van der Waals surface area contributed by atoms with Gasteiger partial charge in [0.15, 0.2) is 5.52 Å². The van der Waals surface area contributed by atoms with Crippen molar-refractivity contribution < 1.29 is 9.66 Å². The monoisotopic (exact) mass is 269 g/mol. The topological polar surface area (TPSA) is 81.1 Å². The number of aromatic amines is 1. The number of methoxy groups -OCH3 is 1. The van der Waals surface area contributed by atoms with Crippen LogP contribution >= 0.6 is 0 Å². The van der Waals surface area contributed by atoms with Gasteiger partial charge in [0.2, 0.25) is 0 Å². The fraction of sp³-hybridized carbons (Fsp3) is 0.0714. The molecule has 2 aromatic carbocycles. The van der Waals surface area contributed by atoms with E-state index in [1.807, 2.05) is 24.3 Å². The molecule has 100 valence electrons. The highest BCUT2D eigenvalue weighted by Crippen LogP contribution is 2.31. The fourth-order valence-corrected chi connectivity index (χ4v) is 2.13. The maximum atomic E-state index is 11.0. The number of fused-ring (bicyclic) bond motifs is 1.